The van der Waals surface area contributed by atoms with Crippen molar-refractivity contribution >= 4 is 29.1 Å². The van der Waals surface area contributed by atoms with E-state index in [0.717, 1.165) is 5.56 Å². The molecule has 1 saturated heterocycles. The van der Waals surface area contributed by atoms with E-state index in [1.165, 1.54) is 11.8 Å². The lowest BCUT2D eigenvalue weighted by atomic mass is 9.58. The highest BCUT2D eigenvalue weighted by Crippen LogP contribution is 2.56. The summed E-state index contributed by atoms with van der Waals surface area (Å²) in [7, 11) is 0. The van der Waals surface area contributed by atoms with E-state index in [9.17, 15) is 19.6 Å². The number of carbonyl (C=O) groups is 3. The third-order valence-corrected chi connectivity index (χ3v) is 8.95. The van der Waals surface area contributed by atoms with Crippen molar-refractivity contribution in [2.24, 2.45) is 11.3 Å². The van der Waals surface area contributed by atoms with Gasteiger partial charge in [0, 0.05) is 34.9 Å². The summed E-state index contributed by atoms with van der Waals surface area (Å²) in [5.41, 5.74) is 0.582. The second kappa shape index (κ2) is 11.6. The number of ketones is 3. The van der Waals surface area contributed by atoms with E-state index >= 15 is 0 Å². The van der Waals surface area contributed by atoms with E-state index in [-0.39, 0.29) is 23.8 Å². The molecule has 4 aromatic rings. The zero-order chi connectivity index (χ0) is 27.2. The Balaban J connectivity index is 1.68. The molecule has 0 aliphatic carbocycles. The molecule has 1 heterocycles. The minimum Gasteiger partial charge on any atom is -0.294 e. The van der Waals surface area contributed by atoms with Gasteiger partial charge in [-0.3, -0.25) is 14.4 Å². The molecule has 5 heteroatoms. The van der Waals surface area contributed by atoms with Crippen LogP contribution in [0.2, 0.25) is 0 Å². The largest absolute Gasteiger partial charge is 0.294 e. The van der Waals surface area contributed by atoms with Crippen LogP contribution in [0.1, 0.15) is 49.0 Å². The fraction of sp³-hybridized carbons (Fsp3) is 0.176. The first-order valence-electron chi connectivity index (χ1n) is 12.9. The molecule has 0 N–H and O–H groups in total. The molecular weight excluding hydrogens is 502 g/mol. The van der Waals surface area contributed by atoms with Gasteiger partial charge in [0.2, 0.25) is 0 Å². The highest BCUT2D eigenvalue weighted by molar-refractivity contribution is 8.00. The summed E-state index contributed by atoms with van der Waals surface area (Å²) in [6.07, 6.45) is 0.0265. The van der Waals surface area contributed by atoms with E-state index in [0.29, 0.717) is 22.4 Å². The molecule has 0 amide bonds. The van der Waals surface area contributed by atoms with Gasteiger partial charge in [0.15, 0.2) is 17.3 Å². The third kappa shape index (κ3) is 5.08. The quantitative estimate of drug-likeness (QED) is 0.229. The van der Waals surface area contributed by atoms with Crippen LogP contribution >= 0.6 is 11.8 Å². The van der Waals surface area contributed by atoms with Crippen LogP contribution in [0.25, 0.3) is 0 Å². The molecule has 0 unspecified atom stereocenters. The average Bonchev–Trinajstić information content (AvgIpc) is 3.01. The average molecular weight is 530 g/mol. The fourth-order valence-corrected chi connectivity index (χ4v) is 7.26. The lowest BCUT2D eigenvalue weighted by molar-refractivity contribution is 0.0683. The van der Waals surface area contributed by atoms with E-state index in [1.54, 1.807) is 60.7 Å². The maximum absolute atomic E-state index is 14.5. The lowest BCUT2D eigenvalue weighted by Gasteiger charge is -2.47. The maximum atomic E-state index is 14.5. The first-order valence-corrected chi connectivity index (χ1v) is 14.0. The van der Waals surface area contributed by atoms with Crippen molar-refractivity contribution in [3.63, 3.8) is 0 Å². The molecule has 0 spiro atoms. The first-order chi connectivity index (χ1) is 19.1. The number of benzene rings is 4. The summed E-state index contributed by atoms with van der Waals surface area (Å²) in [6, 6.07) is 38.5. The van der Waals surface area contributed by atoms with Crippen molar-refractivity contribution in [2.75, 3.05) is 5.75 Å². The highest BCUT2D eigenvalue weighted by Gasteiger charge is 2.59. The molecular formula is C34H27NO3S. The third-order valence-electron chi connectivity index (χ3n) is 7.51. The van der Waals surface area contributed by atoms with Crippen LogP contribution in [0.3, 0.4) is 0 Å². The van der Waals surface area contributed by atoms with Crippen LogP contribution in [0.4, 0.5) is 0 Å². The summed E-state index contributed by atoms with van der Waals surface area (Å²) in [5.74, 6) is -1.62. The van der Waals surface area contributed by atoms with Crippen molar-refractivity contribution in [1.82, 2.24) is 0 Å². The second-order valence-electron chi connectivity index (χ2n) is 9.74. The van der Waals surface area contributed by atoms with Gasteiger partial charge in [-0.1, -0.05) is 121 Å². The Kier molecular flexibility index (Phi) is 7.86. The van der Waals surface area contributed by atoms with Crippen LogP contribution < -0.4 is 0 Å². The normalized spacial score (nSPS) is 22.4. The molecule has 39 heavy (non-hydrogen) atoms. The van der Waals surface area contributed by atoms with Gasteiger partial charge in [0.05, 0.1) is 11.3 Å². The van der Waals surface area contributed by atoms with Crippen molar-refractivity contribution in [1.29, 1.82) is 5.26 Å². The highest BCUT2D eigenvalue weighted by atomic mass is 32.2. The van der Waals surface area contributed by atoms with Gasteiger partial charge >= 0.3 is 0 Å². The van der Waals surface area contributed by atoms with E-state index in [1.807, 2.05) is 60.7 Å². The lowest BCUT2D eigenvalue weighted by Crippen LogP contribution is -2.53. The van der Waals surface area contributed by atoms with Gasteiger partial charge in [-0.05, 0) is 11.3 Å². The van der Waals surface area contributed by atoms with Crippen LogP contribution in [0.5, 0.6) is 0 Å². The zero-order valence-corrected chi connectivity index (χ0v) is 22.1. The predicted molar refractivity (Wildman–Crippen MR) is 154 cm³/mol. The minimum atomic E-state index is -1.63. The summed E-state index contributed by atoms with van der Waals surface area (Å²) >= 11 is 1.44. The number of thioether (sulfide) groups is 1. The molecule has 0 radical (unpaired) electrons. The van der Waals surface area contributed by atoms with Crippen LogP contribution in [0, 0.1) is 22.7 Å². The van der Waals surface area contributed by atoms with Crippen LogP contribution in [-0.4, -0.2) is 28.4 Å². The SMILES string of the molecule is N#C[C@]1(C(=O)c2ccccc2)[C@@H](CC(=O)c2ccccc2)CS[C@@H](C(=O)c2ccccc2)[C@@H]1c1ccccc1. The fourth-order valence-electron chi connectivity index (χ4n) is 5.58. The predicted octanol–water partition coefficient (Wildman–Crippen LogP) is 7.05. The van der Waals surface area contributed by atoms with Gasteiger partial charge in [-0.2, -0.15) is 5.26 Å². The van der Waals surface area contributed by atoms with Crippen molar-refractivity contribution < 1.29 is 14.4 Å². The first kappa shape index (κ1) is 26.3. The summed E-state index contributed by atoms with van der Waals surface area (Å²) in [4.78, 5) is 42.0. The molecule has 1 aliphatic rings. The summed E-state index contributed by atoms with van der Waals surface area (Å²) < 4.78 is 0. The number of hydrogen-bond acceptors (Lipinski definition) is 5. The van der Waals surface area contributed by atoms with E-state index in [2.05, 4.69) is 6.07 Å². The second-order valence-corrected chi connectivity index (χ2v) is 10.9. The Morgan fingerprint density at radius 2 is 1.21 bits per heavy atom. The maximum Gasteiger partial charge on any atom is 0.184 e. The zero-order valence-electron chi connectivity index (χ0n) is 21.3. The molecule has 1 aliphatic heterocycles. The van der Waals surface area contributed by atoms with E-state index < -0.39 is 22.5 Å². The summed E-state index contributed by atoms with van der Waals surface area (Å²) in [5, 5.41) is 10.4. The standard InChI is InChI=1S/C34H27NO3S/c35-23-34(33(38)27-19-11-4-12-20-27)28(21-29(36)24-13-5-1-6-14-24)22-39-32(30(34)25-15-7-2-8-16-25)31(37)26-17-9-3-10-18-26/h1-20,28,30,32H,21-22H2/t28-,30-,32+,34-/m0/s1. The Bertz CT molecular complexity index is 1500. The van der Waals surface area contributed by atoms with Gasteiger partial charge in [0.25, 0.3) is 0 Å². The summed E-state index contributed by atoms with van der Waals surface area (Å²) in [6.45, 7) is 0. The van der Waals surface area contributed by atoms with Crippen molar-refractivity contribution in [2.45, 2.75) is 17.6 Å². The number of nitrogens with zero attached hydrogens (tertiary/aromatic N) is 1. The van der Waals surface area contributed by atoms with Crippen LogP contribution in [-0.2, 0) is 0 Å². The topological polar surface area (TPSA) is 75.0 Å². The number of hydrogen-bond donors (Lipinski definition) is 0. The Labute approximate surface area is 232 Å². The van der Waals surface area contributed by atoms with E-state index in [4.69, 9.17) is 0 Å². The Morgan fingerprint density at radius 3 is 1.74 bits per heavy atom. The molecule has 192 valence electrons. The smallest absolute Gasteiger partial charge is 0.184 e. The number of Topliss-reactive ketones (excluding diaryl/α,β-unsaturated/α-hetero) is 3. The van der Waals surface area contributed by atoms with Crippen molar-refractivity contribution in [3.8, 4) is 6.07 Å². The van der Waals surface area contributed by atoms with Crippen molar-refractivity contribution in [3.05, 3.63) is 144 Å². The number of nitriles is 1. The van der Waals surface area contributed by atoms with Gasteiger partial charge in [-0.15, -0.1) is 11.8 Å². The molecule has 0 aromatic heterocycles. The van der Waals surface area contributed by atoms with Gasteiger partial charge < -0.3 is 0 Å². The molecule has 0 bridgehead atoms. The Morgan fingerprint density at radius 1 is 0.718 bits per heavy atom. The number of rotatable bonds is 8. The molecule has 4 aromatic carbocycles. The molecule has 4 nitrogen and oxygen atoms in total. The molecule has 0 saturated carbocycles. The number of carbonyl (C=O) groups excluding carboxylic acids is 3. The molecule has 5 rings (SSSR count). The molecule has 4 atom stereocenters. The van der Waals surface area contributed by atoms with Gasteiger partial charge in [-0.25, -0.2) is 0 Å². The molecule has 1 fully saturated rings. The Hall–Kier alpha value is -4.27. The monoisotopic (exact) mass is 529 g/mol. The van der Waals surface area contributed by atoms with Gasteiger partial charge in [0.1, 0.15) is 5.41 Å². The van der Waals surface area contributed by atoms with Crippen LogP contribution in [0.15, 0.2) is 121 Å². The minimum absolute atomic E-state index is 0.0265.